The molecule has 1 amide bonds. The van der Waals surface area contributed by atoms with Crippen LogP contribution in [-0.2, 0) is 6.42 Å². The number of nitrogens with one attached hydrogen (secondary N) is 1. The predicted molar refractivity (Wildman–Crippen MR) is 88.2 cm³/mol. The van der Waals surface area contributed by atoms with Crippen LogP contribution in [0.2, 0.25) is 0 Å². The van der Waals surface area contributed by atoms with Gasteiger partial charge in [0.25, 0.3) is 5.91 Å². The van der Waals surface area contributed by atoms with Crippen molar-refractivity contribution in [1.82, 2.24) is 4.90 Å². The number of carbonyl (C=O) groups is 1. The van der Waals surface area contributed by atoms with Gasteiger partial charge in [-0.15, -0.1) is 11.3 Å². The van der Waals surface area contributed by atoms with Gasteiger partial charge < -0.3 is 10.2 Å². The second-order valence-corrected chi connectivity index (χ2v) is 6.52. The Balaban J connectivity index is 1.93. The van der Waals surface area contributed by atoms with Crippen molar-refractivity contribution in [2.24, 2.45) is 0 Å². The molecule has 0 radical (unpaired) electrons. The second-order valence-electron chi connectivity index (χ2n) is 5.52. The zero-order chi connectivity index (χ0) is 15.0. The molecule has 21 heavy (non-hydrogen) atoms. The van der Waals surface area contributed by atoms with E-state index in [1.807, 2.05) is 37.1 Å². The van der Waals surface area contributed by atoms with Crippen LogP contribution in [0.25, 0.3) is 0 Å². The van der Waals surface area contributed by atoms with E-state index in [0.29, 0.717) is 0 Å². The lowest BCUT2D eigenvalue weighted by Gasteiger charge is -2.34. The number of hydrogen-bond acceptors (Lipinski definition) is 3. The fraction of sp³-hybridized carbons (Fsp3) is 0.353. The maximum atomic E-state index is 12.9. The fourth-order valence-electron chi connectivity index (χ4n) is 2.99. The van der Waals surface area contributed by atoms with E-state index in [4.69, 9.17) is 0 Å². The molecule has 1 aromatic heterocycles. The number of rotatable bonds is 2. The number of nitrogens with zero attached hydrogens (tertiary/aromatic N) is 1. The van der Waals surface area contributed by atoms with Crippen molar-refractivity contribution in [2.45, 2.75) is 26.3 Å². The molecule has 0 bridgehead atoms. The highest BCUT2D eigenvalue weighted by atomic mass is 32.1. The highest BCUT2D eigenvalue weighted by molar-refractivity contribution is 7.10. The van der Waals surface area contributed by atoms with E-state index in [9.17, 15) is 4.79 Å². The van der Waals surface area contributed by atoms with Gasteiger partial charge in [-0.25, -0.2) is 0 Å². The molecule has 0 spiro atoms. The van der Waals surface area contributed by atoms with E-state index in [2.05, 4.69) is 23.7 Å². The monoisotopic (exact) mass is 300 g/mol. The number of carbonyl (C=O) groups excluding carboxylic acids is 1. The normalized spacial score (nSPS) is 17.5. The molecule has 3 nitrogen and oxygen atoms in total. The van der Waals surface area contributed by atoms with Gasteiger partial charge in [0.2, 0.25) is 0 Å². The minimum absolute atomic E-state index is 0.115. The molecule has 110 valence electrons. The first-order valence-corrected chi connectivity index (χ1v) is 8.15. The SMILES string of the molecule is CNc1cc(C)ccc1C(=O)N1CCc2sccc2C1C. The average Bonchev–Trinajstić information content (AvgIpc) is 2.96. The Morgan fingerprint density at radius 3 is 2.95 bits per heavy atom. The van der Waals surface area contributed by atoms with Gasteiger partial charge in [-0.05, 0) is 55.0 Å². The predicted octanol–water partition coefficient (Wildman–Crippen LogP) is 3.86. The van der Waals surface area contributed by atoms with Crippen molar-refractivity contribution in [3.63, 3.8) is 0 Å². The molecule has 1 N–H and O–H groups in total. The number of hydrogen-bond donors (Lipinski definition) is 1. The van der Waals surface area contributed by atoms with Gasteiger partial charge in [-0.3, -0.25) is 4.79 Å². The van der Waals surface area contributed by atoms with E-state index < -0.39 is 0 Å². The van der Waals surface area contributed by atoms with Crippen molar-refractivity contribution in [1.29, 1.82) is 0 Å². The minimum atomic E-state index is 0.115. The molecule has 0 fully saturated rings. The smallest absolute Gasteiger partial charge is 0.256 e. The van der Waals surface area contributed by atoms with Gasteiger partial charge in [0.05, 0.1) is 11.6 Å². The summed E-state index contributed by atoms with van der Waals surface area (Å²) in [5.41, 5.74) is 4.12. The molecule has 0 aliphatic carbocycles. The molecule has 1 unspecified atom stereocenters. The number of benzene rings is 1. The average molecular weight is 300 g/mol. The first-order valence-electron chi connectivity index (χ1n) is 7.27. The third kappa shape index (κ3) is 2.44. The molecule has 1 aromatic carbocycles. The number of aryl methyl sites for hydroxylation is 1. The Labute approximate surface area is 129 Å². The third-order valence-electron chi connectivity index (χ3n) is 4.21. The number of amides is 1. The maximum absolute atomic E-state index is 12.9. The fourth-order valence-corrected chi connectivity index (χ4v) is 3.96. The summed E-state index contributed by atoms with van der Waals surface area (Å²) in [4.78, 5) is 16.3. The number of fused-ring (bicyclic) bond motifs is 1. The van der Waals surface area contributed by atoms with Crippen molar-refractivity contribution in [3.8, 4) is 0 Å². The van der Waals surface area contributed by atoms with Crippen LogP contribution in [0.1, 0.15) is 39.3 Å². The molecule has 4 heteroatoms. The summed E-state index contributed by atoms with van der Waals surface area (Å²) in [7, 11) is 1.86. The Morgan fingerprint density at radius 1 is 1.38 bits per heavy atom. The van der Waals surface area contributed by atoms with E-state index in [-0.39, 0.29) is 11.9 Å². The first kappa shape index (κ1) is 14.1. The summed E-state index contributed by atoms with van der Waals surface area (Å²) in [6.45, 7) is 4.96. The highest BCUT2D eigenvalue weighted by Gasteiger charge is 2.29. The Hall–Kier alpha value is -1.81. The number of thiophene rings is 1. The zero-order valence-electron chi connectivity index (χ0n) is 12.6. The van der Waals surface area contributed by atoms with Crippen LogP contribution < -0.4 is 5.32 Å². The van der Waals surface area contributed by atoms with Crippen LogP contribution in [0.15, 0.2) is 29.6 Å². The number of anilines is 1. The van der Waals surface area contributed by atoms with Crippen LogP contribution in [0, 0.1) is 6.92 Å². The molecule has 1 atom stereocenters. The summed E-state index contributed by atoms with van der Waals surface area (Å²) in [5, 5.41) is 5.26. The maximum Gasteiger partial charge on any atom is 0.256 e. The lowest BCUT2D eigenvalue weighted by atomic mass is 9.99. The van der Waals surface area contributed by atoms with Crippen molar-refractivity contribution in [2.75, 3.05) is 18.9 Å². The summed E-state index contributed by atoms with van der Waals surface area (Å²) < 4.78 is 0. The molecule has 0 saturated carbocycles. The molecule has 2 aromatic rings. The quantitative estimate of drug-likeness (QED) is 0.913. The third-order valence-corrected chi connectivity index (χ3v) is 5.21. The standard InChI is InChI=1S/C17H20N2OS/c1-11-4-5-14(15(10-11)18-3)17(20)19-8-6-16-13(12(19)2)7-9-21-16/h4-5,7,9-10,12,18H,6,8H2,1-3H3. The summed E-state index contributed by atoms with van der Waals surface area (Å²) in [6.07, 6.45) is 0.962. The van der Waals surface area contributed by atoms with Crippen LogP contribution in [0.3, 0.4) is 0 Å². The Morgan fingerprint density at radius 2 is 2.19 bits per heavy atom. The molecular weight excluding hydrogens is 280 g/mol. The van der Waals surface area contributed by atoms with Gasteiger partial charge in [0, 0.05) is 24.2 Å². The highest BCUT2D eigenvalue weighted by Crippen LogP contribution is 2.34. The molecule has 1 aliphatic heterocycles. The van der Waals surface area contributed by atoms with Crippen molar-refractivity contribution >= 4 is 22.9 Å². The first-order chi connectivity index (χ1) is 10.1. The molecular formula is C17H20N2OS. The van der Waals surface area contributed by atoms with E-state index in [1.165, 1.54) is 10.4 Å². The zero-order valence-corrected chi connectivity index (χ0v) is 13.5. The Kier molecular flexibility index (Phi) is 3.72. The van der Waals surface area contributed by atoms with Crippen molar-refractivity contribution < 1.29 is 4.79 Å². The van der Waals surface area contributed by atoms with Crippen LogP contribution in [0.4, 0.5) is 5.69 Å². The van der Waals surface area contributed by atoms with Gasteiger partial charge in [-0.1, -0.05) is 6.07 Å². The summed E-state index contributed by atoms with van der Waals surface area (Å²) >= 11 is 1.80. The molecule has 1 aliphatic rings. The largest absolute Gasteiger partial charge is 0.387 e. The summed E-state index contributed by atoms with van der Waals surface area (Å²) in [6, 6.07) is 8.26. The van der Waals surface area contributed by atoms with E-state index in [0.717, 1.165) is 29.8 Å². The van der Waals surface area contributed by atoms with Crippen LogP contribution in [0.5, 0.6) is 0 Å². The topological polar surface area (TPSA) is 32.3 Å². The Bertz CT molecular complexity index is 677. The van der Waals surface area contributed by atoms with Gasteiger partial charge in [0.1, 0.15) is 0 Å². The van der Waals surface area contributed by atoms with Gasteiger partial charge >= 0.3 is 0 Å². The van der Waals surface area contributed by atoms with Crippen molar-refractivity contribution in [3.05, 3.63) is 51.2 Å². The molecule has 0 saturated heterocycles. The molecule has 2 heterocycles. The summed E-state index contributed by atoms with van der Waals surface area (Å²) in [5.74, 6) is 0.115. The van der Waals surface area contributed by atoms with Gasteiger partial charge in [-0.2, -0.15) is 0 Å². The lowest BCUT2D eigenvalue weighted by Crippen LogP contribution is -2.38. The van der Waals surface area contributed by atoms with E-state index >= 15 is 0 Å². The van der Waals surface area contributed by atoms with E-state index in [1.54, 1.807) is 11.3 Å². The molecule has 3 rings (SSSR count). The lowest BCUT2D eigenvalue weighted by molar-refractivity contribution is 0.0680. The van der Waals surface area contributed by atoms with Crippen LogP contribution in [-0.4, -0.2) is 24.4 Å². The van der Waals surface area contributed by atoms with Gasteiger partial charge in [0.15, 0.2) is 0 Å². The second kappa shape index (κ2) is 5.53. The van der Waals surface area contributed by atoms with Crippen LogP contribution >= 0.6 is 11.3 Å². The minimum Gasteiger partial charge on any atom is -0.387 e.